The fourth-order valence-electron chi connectivity index (χ4n) is 2.61. The van der Waals surface area contributed by atoms with E-state index < -0.39 is 0 Å². The Morgan fingerprint density at radius 3 is 2.68 bits per heavy atom. The number of amides is 1. The van der Waals surface area contributed by atoms with Crippen molar-refractivity contribution in [1.29, 1.82) is 0 Å². The first-order valence-electron chi connectivity index (χ1n) is 8.83. The quantitative estimate of drug-likeness (QED) is 0.400. The van der Waals surface area contributed by atoms with Crippen LogP contribution in [0.15, 0.2) is 58.9 Å². The van der Waals surface area contributed by atoms with Crippen LogP contribution in [-0.2, 0) is 11.2 Å². The molecule has 4 nitrogen and oxygen atoms in total. The summed E-state index contributed by atoms with van der Waals surface area (Å²) in [5.41, 5.74) is 1.97. The van der Waals surface area contributed by atoms with Crippen LogP contribution in [0.25, 0.3) is 5.69 Å². The molecule has 0 spiro atoms. The Morgan fingerprint density at radius 1 is 1.25 bits per heavy atom. The van der Waals surface area contributed by atoms with E-state index in [1.54, 1.807) is 16.8 Å². The average molecular weight is 434 g/mol. The molecule has 1 heterocycles. The molecule has 1 amide bonds. The van der Waals surface area contributed by atoms with Gasteiger partial charge in [0.2, 0.25) is 5.91 Å². The molecule has 28 heavy (non-hydrogen) atoms. The van der Waals surface area contributed by atoms with E-state index in [0.717, 1.165) is 12.8 Å². The molecule has 1 atom stereocenters. The van der Waals surface area contributed by atoms with Crippen molar-refractivity contribution in [3.8, 4) is 5.69 Å². The Labute approximate surface area is 176 Å². The molecule has 1 unspecified atom stereocenters. The number of aromatic nitrogens is 2. The van der Waals surface area contributed by atoms with E-state index in [2.05, 4.69) is 22.5 Å². The summed E-state index contributed by atoms with van der Waals surface area (Å²) in [4.78, 5) is 12.2. The van der Waals surface area contributed by atoms with Crippen molar-refractivity contribution < 1.29 is 9.18 Å². The largest absolute Gasteiger partial charge is 0.353 e. The molecule has 146 valence electrons. The maximum absolute atomic E-state index is 13.1. The van der Waals surface area contributed by atoms with Gasteiger partial charge in [-0.1, -0.05) is 53.4 Å². The van der Waals surface area contributed by atoms with Gasteiger partial charge in [-0.05, 0) is 61.8 Å². The van der Waals surface area contributed by atoms with E-state index in [0.29, 0.717) is 14.0 Å². The van der Waals surface area contributed by atoms with Crippen LogP contribution in [0.2, 0.25) is 0 Å². The van der Waals surface area contributed by atoms with Crippen LogP contribution < -0.4 is 5.32 Å². The maximum Gasteiger partial charge on any atom is 0.230 e. The molecule has 1 aromatic heterocycles. The zero-order valence-corrected chi connectivity index (χ0v) is 17.7. The molecule has 1 N–H and O–H groups in total. The van der Waals surface area contributed by atoms with Crippen molar-refractivity contribution in [1.82, 2.24) is 15.1 Å². The monoisotopic (exact) mass is 433 g/mol. The Bertz CT molecular complexity index is 970. The van der Waals surface area contributed by atoms with Crippen molar-refractivity contribution in [3.05, 3.63) is 69.9 Å². The first kappa shape index (κ1) is 20.7. The third-order valence-electron chi connectivity index (χ3n) is 4.04. The highest BCUT2D eigenvalue weighted by atomic mass is 32.2. The van der Waals surface area contributed by atoms with Crippen LogP contribution in [0.4, 0.5) is 4.39 Å². The summed E-state index contributed by atoms with van der Waals surface area (Å²) in [6, 6.07) is 16.3. The standard InChI is InChI=1S/C20H20FN3OS3/c1-14(7-8-15-5-3-2-4-6-15)22-18(25)13-27-19-23-24(20(26)28-19)17-11-9-16(21)10-12-17/h2-6,9-12,14H,7-8,13H2,1H3,(H,22,25). The summed E-state index contributed by atoms with van der Waals surface area (Å²) < 4.78 is 15.9. The van der Waals surface area contributed by atoms with E-state index in [1.807, 2.05) is 25.1 Å². The summed E-state index contributed by atoms with van der Waals surface area (Å²) >= 11 is 8.02. The Kier molecular flexibility index (Phi) is 7.36. The van der Waals surface area contributed by atoms with Gasteiger partial charge in [0.1, 0.15) is 5.82 Å². The number of hydrogen-bond acceptors (Lipinski definition) is 5. The number of benzene rings is 2. The zero-order valence-electron chi connectivity index (χ0n) is 15.3. The van der Waals surface area contributed by atoms with E-state index in [-0.39, 0.29) is 23.5 Å². The molecule has 0 fully saturated rings. The molecular weight excluding hydrogens is 413 g/mol. The van der Waals surface area contributed by atoms with Gasteiger partial charge in [0.25, 0.3) is 0 Å². The predicted octanol–water partition coefficient (Wildman–Crippen LogP) is 5.03. The van der Waals surface area contributed by atoms with Crippen molar-refractivity contribution in [3.63, 3.8) is 0 Å². The molecule has 0 aliphatic heterocycles. The van der Waals surface area contributed by atoms with Gasteiger partial charge in [0.15, 0.2) is 8.29 Å². The van der Waals surface area contributed by atoms with Crippen LogP contribution in [0.5, 0.6) is 0 Å². The minimum absolute atomic E-state index is 0.0278. The molecule has 8 heteroatoms. The summed E-state index contributed by atoms with van der Waals surface area (Å²) in [6.45, 7) is 2.01. The number of thioether (sulfide) groups is 1. The van der Waals surface area contributed by atoms with Crippen LogP contribution in [0.3, 0.4) is 0 Å². The van der Waals surface area contributed by atoms with Crippen LogP contribution in [0.1, 0.15) is 18.9 Å². The Balaban J connectivity index is 1.48. The van der Waals surface area contributed by atoms with Gasteiger partial charge in [0, 0.05) is 6.04 Å². The topological polar surface area (TPSA) is 46.9 Å². The highest BCUT2D eigenvalue weighted by molar-refractivity contribution is 8.01. The second-order valence-electron chi connectivity index (χ2n) is 6.30. The number of halogens is 1. The number of rotatable bonds is 8. The second kappa shape index (κ2) is 9.95. The highest BCUT2D eigenvalue weighted by Gasteiger charge is 2.11. The maximum atomic E-state index is 13.1. The minimum Gasteiger partial charge on any atom is -0.353 e. The molecule has 0 aliphatic rings. The van der Waals surface area contributed by atoms with Crippen LogP contribution >= 0.6 is 35.3 Å². The molecule has 2 aromatic carbocycles. The number of aryl methyl sites for hydroxylation is 1. The highest BCUT2D eigenvalue weighted by Crippen LogP contribution is 2.24. The van der Waals surface area contributed by atoms with E-state index >= 15 is 0 Å². The number of hydrogen-bond donors (Lipinski definition) is 1. The molecule has 0 radical (unpaired) electrons. The minimum atomic E-state index is -0.307. The number of nitrogens with one attached hydrogen (secondary N) is 1. The lowest BCUT2D eigenvalue weighted by molar-refractivity contribution is -0.119. The van der Waals surface area contributed by atoms with Gasteiger partial charge in [0.05, 0.1) is 11.4 Å². The molecule has 0 saturated heterocycles. The number of carbonyl (C=O) groups is 1. The van der Waals surface area contributed by atoms with E-state index in [4.69, 9.17) is 12.2 Å². The Hall–Kier alpha value is -2.03. The SMILES string of the molecule is CC(CCc1ccccc1)NC(=O)CSc1nn(-c2ccc(F)cc2)c(=S)s1. The lowest BCUT2D eigenvalue weighted by atomic mass is 10.1. The molecule has 3 rings (SSSR count). The summed E-state index contributed by atoms with van der Waals surface area (Å²) in [5, 5.41) is 7.45. The van der Waals surface area contributed by atoms with Crippen LogP contribution in [-0.4, -0.2) is 27.5 Å². The molecule has 0 aliphatic carbocycles. The van der Waals surface area contributed by atoms with Gasteiger partial charge >= 0.3 is 0 Å². The van der Waals surface area contributed by atoms with Gasteiger partial charge in [-0.2, -0.15) is 0 Å². The Morgan fingerprint density at radius 2 is 1.96 bits per heavy atom. The van der Waals surface area contributed by atoms with E-state index in [9.17, 15) is 9.18 Å². The predicted molar refractivity (Wildman–Crippen MR) is 115 cm³/mol. The first-order chi connectivity index (χ1) is 13.5. The zero-order chi connectivity index (χ0) is 19.9. The molecular formula is C20H20FN3OS3. The average Bonchev–Trinajstić information content (AvgIpc) is 3.07. The van der Waals surface area contributed by atoms with Crippen molar-refractivity contribution >= 4 is 41.2 Å². The van der Waals surface area contributed by atoms with Crippen LogP contribution in [0, 0.1) is 9.77 Å². The first-order valence-corrected chi connectivity index (χ1v) is 11.0. The second-order valence-corrected chi connectivity index (χ2v) is 9.15. The molecule has 0 saturated carbocycles. The normalized spacial score (nSPS) is 11.9. The van der Waals surface area contributed by atoms with Gasteiger partial charge in [-0.15, -0.1) is 5.10 Å². The van der Waals surface area contributed by atoms with Crippen molar-refractivity contribution in [2.45, 2.75) is 30.1 Å². The van der Waals surface area contributed by atoms with Gasteiger partial charge < -0.3 is 5.32 Å². The summed E-state index contributed by atoms with van der Waals surface area (Å²) in [7, 11) is 0. The fraction of sp³-hybridized carbons (Fsp3) is 0.250. The van der Waals surface area contributed by atoms with Crippen molar-refractivity contribution in [2.75, 3.05) is 5.75 Å². The van der Waals surface area contributed by atoms with E-state index in [1.165, 1.54) is 40.8 Å². The smallest absolute Gasteiger partial charge is 0.230 e. The summed E-state index contributed by atoms with van der Waals surface area (Å²) in [6.07, 6.45) is 1.82. The third kappa shape index (κ3) is 5.98. The molecule has 3 aromatic rings. The van der Waals surface area contributed by atoms with Gasteiger partial charge in [-0.25, -0.2) is 9.07 Å². The molecule has 0 bridgehead atoms. The number of carbonyl (C=O) groups excluding carboxylic acids is 1. The number of nitrogens with zero attached hydrogens (tertiary/aromatic N) is 2. The fourth-order valence-corrected chi connectivity index (χ4v) is 4.78. The lowest BCUT2D eigenvalue weighted by Gasteiger charge is -2.13. The van der Waals surface area contributed by atoms with Gasteiger partial charge in [-0.3, -0.25) is 4.79 Å². The third-order valence-corrected chi connectivity index (χ3v) is 6.41. The van der Waals surface area contributed by atoms with Crippen molar-refractivity contribution in [2.24, 2.45) is 0 Å². The lowest BCUT2D eigenvalue weighted by Crippen LogP contribution is -2.34. The summed E-state index contributed by atoms with van der Waals surface area (Å²) in [5.74, 6) is -0.0559.